The average molecular weight is 328 g/mol. The van der Waals surface area contributed by atoms with Crippen molar-refractivity contribution in [2.24, 2.45) is 0 Å². The lowest BCUT2D eigenvalue weighted by Crippen LogP contribution is -2.26. The van der Waals surface area contributed by atoms with Gasteiger partial charge < -0.3 is 9.73 Å². The minimum atomic E-state index is -0.497. The number of benzene rings is 2. The van der Waals surface area contributed by atoms with Crippen LogP contribution in [-0.2, 0) is 6.42 Å². The fraction of sp³-hybridized carbons (Fsp3) is 0.111. The zero-order valence-corrected chi connectivity index (χ0v) is 12.6. The first kappa shape index (κ1) is 15.9. The zero-order valence-electron chi connectivity index (χ0n) is 12.6. The highest BCUT2D eigenvalue weighted by molar-refractivity contribution is 5.97. The lowest BCUT2D eigenvalue weighted by Gasteiger charge is -2.05. The SMILES string of the molecule is O=C(NCCc1cccc(F)c1)c1ncoc1-c1ccccc1F. The van der Waals surface area contributed by atoms with E-state index in [1.54, 1.807) is 24.3 Å². The fourth-order valence-corrected chi connectivity index (χ4v) is 2.34. The third-order valence-electron chi connectivity index (χ3n) is 3.49. The van der Waals surface area contributed by atoms with Crippen molar-refractivity contribution in [1.29, 1.82) is 0 Å². The molecular weight excluding hydrogens is 314 g/mol. The lowest BCUT2D eigenvalue weighted by molar-refractivity contribution is 0.0950. The number of carbonyl (C=O) groups excluding carboxylic acids is 1. The van der Waals surface area contributed by atoms with Gasteiger partial charge in [-0.25, -0.2) is 13.8 Å². The highest BCUT2D eigenvalue weighted by atomic mass is 19.1. The second-order valence-corrected chi connectivity index (χ2v) is 5.15. The normalized spacial score (nSPS) is 10.6. The molecule has 0 aliphatic carbocycles. The maximum absolute atomic E-state index is 13.9. The molecule has 0 unspecified atom stereocenters. The van der Waals surface area contributed by atoms with Crippen molar-refractivity contribution in [2.75, 3.05) is 6.54 Å². The molecule has 0 fully saturated rings. The maximum Gasteiger partial charge on any atom is 0.273 e. The van der Waals surface area contributed by atoms with Gasteiger partial charge in [0.25, 0.3) is 5.91 Å². The number of nitrogens with one attached hydrogen (secondary N) is 1. The largest absolute Gasteiger partial charge is 0.443 e. The van der Waals surface area contributed by atoms with Crippen LogP contribution in [0.15, 0.2) is 59.3 Å². The molecule has 0 aliphatic heterocycles. The van der Waals surface area contributed by atoms with Gasteiger partial charge >= 0.3 is 0 Å². The molecule has 1 amide bonds. The van der Waals surface area contributed by atoms with Gasteiger partial charge in [-0.15, -0.1) is 0 Å². The first-order chi connectivity index (χ1) is 11.6. The van der Waals surface area contributed by atoms with Crippen LogP contribution in [0, 0.1) is 11.6 Å². The topological polar surface area (TPSA) is 55.1 Å². The van der Waals surface area contributed by atoms with Crippen molar-refractivity contribution >= 4 is 5.91 Å². The third-order valence-corrected chi connectivity index (χ3v) is 3.49. The van der Waals surface area contributed by atoms with E-state index in [2.05, 4.69) is 10.3 Å². The summed E-state index contributed by atoms with van der Waals surface area (Å²) in [7, 11) is 0. The molecule has 24 heavy (non-hydrogen) atoms. The maximum atomic E-state index is 13.9. The van der Waals surface area contributed by atoms with E-state index >= 15 is 0 Å². The summed E-state index contributed by atoms with van der Waals surface area (Å²) in [6, 6.07) is 12.1. The Hall–Kier alpha value is -3.02. The Morgan fingerprint density at radius 3 is 2.75 bits per heavy atom. The summed E-state index contributed by atoms with van der Waals surface area (Å²) >= 11 is 0. The van der Waals surface area contributed by atoms with Crippen molar-refractivity contribution < 1.29 is 18.0 Å². The van der Waals surface area contributed by atoms with E-state index in [9.17, 15) is 13.6 Å². The number of nitrogens with zero attached hydrogens (tertiary/aromatic N) is 1. The second kappa shape index (κ2) is 7.04. The summed E-state index contributed by atoms with van der Waals surface area (Å²) in [5.41, 5.74) is 0.953. The molecule has 0 atom stereocenters. The van der Waals surface area contributed by atoms with Crippen LogP contribution in [0.25, 0.3) is 11.3 Å². The van der Waals surface area contributed by atoms with Crippen molar-refractivity contribution in [2.45, 2.75) is 6.42 Å². The van der Waals surface area contributed by atoms with E-state index < -0.39 is 11.7 Å². The number of hydrogen-bond acceptors (Lipinski definition) is 3. The van der Waals surface area contributed by atoms with Crippen LogP contribution in [0.4, 0.5) is 8.78 Å². The first-order valence-corrected chi connectivity index (χ1v) is 7.36. The molecule has 3 rings (SSSR count). The predicted octanol–water partition coefficient (Wildman–Crippen LogP) is 3.59. The van der Waals surface area contributed by atoms with Gasteiger partial charge in [0.05, 0.1) is 5.56 Å². The smallest absolute Gasteiger partial charge is 0.273 e. The fourth-order valence-electron chi connectivity index (χ4n) is 2.34. The molecule has 4 nitrogen and oxygen atoms in total. The molecule has 3 aromatic rings. The minimum Gasteiger partial charge on any atom is -0.443 e. The summed E-state index contributed by atoms with van der Waals surface area (Å²) in [6.45, 7) is 0.297. The summed E-state index contributed by atoms with van der Waals surface area (Å²) in [5.74, 6) is -1.21. The highest BCUT2D eigenvalue weighted by Crippen LogP contribution is 2.25. The molecule has 0 saturated heterocycles. The molecule has 0 radical (unpaired) electrons. The standard InChI is InChI=1S/C18H14F2N2O2/c19-13-5-3-4-12(10-13)8-9-21-18(23)16-17(24-11-22-16)14-6-1-2-7-15(14)20/h1-7,10-11H,8-9H2,(H,21,23). The van der Waals surface area contributed by atoms with Crippen LogP contribution in [0.2, 0.25) is 0 Å². The lowest BCUT2D eigenvalue weighted by atomic mass is 10.1. The van der Waals surface area contributed by atoms with Crippen LogP contribution in [-0.4, -0.2) is 17.4 Å². The van der Waals surface area contributed by atoms with E-state index in [1.807, 2.05) is 0 Å². The minimum absolute atomic E-state index is 0.0133. The number of halogens is 2. The van der Waals surface area contributed by atoms with Crippen molar-refractivity contribution in [3.8, 4) is 11.3 Å². The Balaban J connectivity index is 1.68. The number of rotatable bonds is 5. The molecule has 0 saturated carbocycles. The van der Waals surface area contributed by atoms with Crippen LogP contribution in [0.3, 0.4) is 0 Å². The van der Waals surface area contributed by atoms with Crippen molar-refractivity contribution in [1.82, 2.24) is 10.3 Å². The first-order valence-electron chi connectivity index (χ1n) is 7.36. The molecule has 1 aromatic heterocycles. The van der Waals surface area contributed by atoms with Crippen molar-refractivity contribution in [3.63, 3.8) is 0 Å². The van der Waals surface area contributed by atoms with Crippen LogP contribution < -0.4 is 5.32 Å². The number of hydrogen-bond donors (Lipinski definition) is 1. The quantitative estimate of drug-likeness (QED) is 0.779. The van der Waals surface area contributed by atoms with E-state index in [0.717, 1.165) is 12.0 Å². The van der Waals surface area contributed by atoms with E-state index in [-0.39, 0.29) is 22.8 Å². The molecule has 122 valence electrons. The Bertz CT molecular complexity index is 861. The van der Waals surface area contributed by atoms with Gasteiger partial charge in [-0.3, -0.25) is 4.79 Å². The predicted molar refractivity (Wildman–Crippen MR) is 84.3 cm³/mol. The van der Waals surface area contributed by atoms with E-state index in [0.29, 0.717) is 13.0 Å². The molecule has 0 spiro atoms. The van der Waals surface area contributed by atoms with E-state index in [1.165, 1.54) is 24.3 Å². The number of carbonyl (C=O) groups is 1. The number of amides is 1. The van der Waals surface area contributed by atoms with Gasteiger partial charge in [0, 0.05) is 6.54 Å². The zero-order chi connectivity index (χ0) is 16.9. The van der Waals surface area contributed by atoms with Gasteiger partial charge in [-0.1, -0.05) is 24.3 Å². The molecule has 1 heterocycles. The van der Waals surface area contributed by atoms with Gasteiger partial charge in [0.2, 0.25) is 0 Å². The van der Waals surface area contributed by atoms with Gasteiger partial charge in [-0.2, -0.15) is 0 Å². The van der Waals surface area contributed by atoms with Gasteiger partial charge in [0.1, 0.15) is 11.6 Å². The molecule has 1 N–H and O–H groups in total. The number of oxazole rings is 1. The third kappa shape index (κ3) is 3.48. The molecular formula is C18H14F2N2O2. The summed E-state index contributed by atoms with van der Waals surface area (Å²) in [4.78, 5) is 16.1. The summed E-state index contributed by atoms with van der Waals surface area (Å²) < 4.78 is 32.1. The summed E-state index contributed by atoms with van der Waals surface area (Å²) in [6.07, 6.45) is 1.57. The Morgan fingerprint density at radius 1 is 1.12 bits per heavy atom. The molecule has 0 aliphatic rings. The van der Waals surface area contributed by atoms with Crippen molar-refractivity contribution in [3.05, 3.63) is 77.8 Å². The van der Waals surface area contributed by atoms with Crippen LogP contribution in [0.5, 0.6) is 0 Å². The Labute approximate surface area is 137 Å². The second-order valence-electron chi connectivity index (χ2n) is 5.15. The highest BCUT2D eigenvalue weighted by Gasteiger charge is 2.20. The van der Waals surface area contributed by atoms with Gasteiger partial charge in [-0.05, 0) is 36.2 Å². The van der Waals surface area contributed by atoms with Crippen LogP contribution in [0.1, 0.15) is 16.1 Å². The average Bonchev–Trinajstić information content (AvgIpc) is 3.05. The Kier molecular flexibility index (Phi) is 4.65. The number of aromatic nitrogens is 1. The van der Waals surface area contributed by atoms with Gasteiger partial charge in [0.15, 0.2) is 17.8 Å². The monoisotopic (exact) mass is 328 g/mol. The molecule has 6 heteroatoms. The molecule has 0 bridgehead atoms. The van der Waals surface area contributed by atoms with Crippen LogP contribution >= 0.6 is 0 Å². The molecule has 2 aromatic carbocycles. The summed E-state index contributed by atoms with van der Waals surface area (Å²) in [5, 5.41) is 2.68. The van der Waals surface area contributed by atoms with E-state index in [4.69, 9.17) is 4.42 Å². The Morgan fingerprint density at radius 2 is 1.96 bits per heavy atom.